The molecule has 0 aliphatic rings. The third-order valence-electron chi connectivity index (χ3n) is 3.87. The average Bonchev–Trinajstić information content (AvgIpc) is 2.77. The number of hydrogen-bond donors (Lipinski definition) is 2. The van der Waals surface area contributed by atoms with Gasteiger partial charge in [-0.05, 0) is 62.5 Å². The molecule has 23 heavy (non-hydrogen) atoms. The van der Waals surface area contributed by atoms with Crippen LogP contribution in [0.4, 0.5) is 4.79 Å². The van der Waals surface area contributed by atoms with Crippen LogP contribution in [0.25, 0.3) is 0 Å². The number of ether oxygens (including phenoxy) is 1. The fourth-order valence-corrected chi connectivity index (χ4v) is 3.79. The number of halogens is 1. The average molecular weight is 405 g/mol. The zero-order valence-corrected chi connectivity index (χ0v) is 17.4. The Kier molecular flexibility index (Phi) is 7.55. The highest BCUT2D eigenvalue weighted by atomic mass is 79.9. The molecule has 1 aromatic rings. The van der Waals surface area contributed by atoms with Gasteiger partial charge in [-0.25, -0.2) is 4.79 Å². The Bertz CT molecular complexity index is 500. The van der Waals surface area contributed by atoms with E-state index in [0.29, 0.717) is 6.54 Å². The van der Waals surface area contributed by atoms with E-state index in [1.54, 1.807) is 11.3 Å². The molecule has 132 valence electrons. The number of alkyl carbamates (subject to hydrolysis) is 1. The van der Waals surface area contributed by atoms with E-state index < -0.39 is 5.60 Å². The van der Waals surface area contributed by atoms with Crippen LogP contribution in [0.5, 0.6) is 0 Å². The maximum absolute atomic E-state index is 11.9. The van der Waals surface area contributed by atoms with Gasteiger partial charge in [0.25, 0.3) is 0 Å². The molecule has 2 N–H and O–H groups in total. The lowest BCUT2D eigenvalue weighted by molar-refractivity contribution is 0.0507. The Morgan fingerprint density at radius 1 is 1.30 bits per heavy atom. The van der Waals surface area contributed by atoms with Gasteiger partial charge in [-0.1, -0.05) is 13.8 Å². The van der Waals surface area contributed by atoms with Crippen molar-refractivity contribution in [1.82, 2.24) is 10.6 Å². The fraction of sp³-hybridized carbons (Fsp3) is 0.706. The summed E-state index contributed by atoms with van der Waals surface area (Å²) in [5.41, 5.74) is -0.597. The molecule has 0 aromatic carbocycles. The minimum Gasteiger partial charge on any atom is -0.444 e. The Labute approximate surface area is 152 Å². The van der Waals surface area contributed by atoms with Gasteiger partial charge in [-0.15, -0.1) is 11.3 Å². The van der Waals surface area contributed by atoms with Crippen molar-refractivity contribution < 1.29 is 9.53 Å². The third-order valence-corrected chi connectivity index (χ3v) is 6.01. The van der Waals surface area contributed by atoms with Gasteiger partial charge in [0.1, 0.15) is 5.60 Å². The summed E-state index contributed by atoms with van der Waals surface area (Å²) in [6.07, 6.45) is 1.51. The summed E-state index contributed by atoms with van der Waals surface area (Å²) in [7, 11) is 0. The molecule has 0 radical (unpaired) electrons. The zero-order chi connectivity index (χ0) is 17.7. The van der Waals surface area contributed by atoms with Crippen LogP contribution >= 0.6 is 27.3 Å². The highest BCUT2D eigenvalue weighted by Crippen LogP contribution is 2.27. The third kappa shape index (κ3) is 6.81. The summed E-state index contributed by atoms with van der Waals surface area (Å²) < 4.78 is 6.48. The monoisotopic (exact) mass is 404 g/mol. The lowest BCUT2D eigenvalue weighted by Gasteiger charge is -2.33. The number of thiophene rings is 1. The molecule has 0 bridgehead atoms. The summed E-state index contributed by atoms with van der Waals surface area (Å²) >= 11 is 5.34. The molecule has 1 heterocycles. The number of carbonyl (C=O) groups is 1. The van der Waals surface area contributed by atoms with E-state index in [1.165, 1.54) is 9.75 Å². The molecule has 0 atom stereocenters. The number of amides is 1. The lowest BCUT2D eigenvalue weighted by atomic mass is 9.92. The molecule has 0 fully saturated rings. The standard InChI is InChI=1S/C17H29BrN2O2S/c1-7-17(8-2,11-19-15(21)22-16(4,5)6)20-10-13-9-14(18)12(3)23-13/h9,20H,7-8,10-11H2,1-6H3,(H,19,21). The second kappa shape index (κ2) is 8.49. The van der Waals surface area contributed by atoms with E-state index in [0.717, 1.165) is 23.9 Å². The number of carbonyl (C=O) groups excluding carboxylic acids is 1. The molecule has 1 rings (SSSR count). The maximum atomic E-state index is 11.9. The van der Waals surface area contributed by atoms with Crippen molar-refractivity contribution in [3.8, 4) is 0 Å². The fourth-order valence-electron chi connectivity index (χ4n) is 2.25. The second-order valence-corrected chi connectivity index (χ2v) is 9.01. The summed E-state index contributed by atoms with van der Waals surface area (Å²) in [6.45, 7) is 13.4. The first-order valence-electron chi connectivity index (χ1n) is 8.07. The molecule has 0 saturated heterocycles. The smallest absolute Gasteiger partial charge is 0.407 e. The maximum Gasteiger partial charge on any atom is 0.407 e. The van der Waals surface area contributed by atoms with Crippen molar-refractivity contribution in [1.29, 1.82) is 0 Å². The number of rotatable bonds is 7. The first-order chi connectivity index (χ1) is 10.6. The second-order valence-electron chi connectivity index (χ2n) is 6.81. The van der Waals surface area contributed by atoms with Crippen molar-refractivity contribution in [2.75, 3.05) is 6.54 Å². The van der Waals surface area contributed by atoms with Crippen LogP contribution in [0.3, 0.4) is 0 Å². The topological polar surface area (TPSA) is 50.4 Å². The van der Waals surface area contributed by atoms with Crippen molar-refractivity contribution in [3.05, 3.63) is 20.3 Å². The predicted molar refractivity (Wildman–Crippen MR) is 101 cm³/mol. The SMILES string of the molecule is CCC(CC)(CNC(=O)OC(C)(C)C)NCc1cc(Br)c(C)s1. The quantitative estimate of drug-likeness (QED) is 0.672. The number of hydrogen-bond acceptors (Lipinski definition) is 4. The lowest BCUT2D eigenvalue weighted by Crippen LogP contribution is -2.53. The van der Waals surface area contributed by atoms with Gasteiger partial charge < -0.3 is 15.4 Å². The molecule has 0 saturated carbocycles. The largest absolute Gasteiger partial charge is 0.444 e. The first kappa shape index (κ1) is 20.5. The van der Waals surface area contributed by atoms with Crippen molar-refractivity contribution >= 4 is 33.4 Å². The van der Waals surface area contributed by atoms with Crippen molar-refractivity contribution in [2.24, 2.45) is 0 Å². The van der Waals surface area contributed by atoms with E-state index >= 15 is 0 Å². The van der Waals surface area contributed by atoms with Gasteiger partial charge in [0, 0.05) is 32.9 Å². The van der Waals surface area contributed by atoms with Crippen LogP contribution in [-0.4, -0.2) is 23.8 Å². The normalized spacial score (nSPS) is 12.3. The van der Waals surface area contributed by atoms with Gasteiger partial charge in [0.2, 0.25) is 0 Å². The van der Waals surface area contributed by atoms with E-state index in [1.807, 2.05) is 20.8 Å². The van der Waals surface area contributed by atoms with Crippen LogP contribution in [0.1, 0.15) is 57.2 Å². The molecular weight excluding hydrogens is 376 g/mol. The minimum absolute atomic E-state index is 0.124. The molecule has 0 spiro atoms. The molecule has 4 nitrogen and oxygen atoms in total. The first-order valence-corrected chi connectivity index (χ1v) is 9.68. The minimum atomic E-state index is -0.473. The molecule has 6 heteroatoms. The summed E-state index contributed by atoms with van der Waals surface area (Å²) in [5.74, 6) is 0. The zero-order valence-electron chi connectivity index (χ0n) is 15.0. The van der Waals surface area contributed by atoms with Gasteiger partial charge in [-0.3, -0.25) is 0 Å². The van der Waals surface area contributed by atoms with E-state index in [9.17, 15) is 4.79 Å². The Hall–Kier alpha value is -0.590. The molecule has 1 aromatic heterocycles. The van der Waals surface area contributed by atoms with Gasteiger partial charge in [0.15, 0.2) is 0 Å². The van der Waals surface area contributed by atoms with Crippen molar-refractivity contribution in [2.45, 2.75) is 72.1 Å². The molecule has 0 aliphatic heterocycles. The van der Waals surface area contributed by atoms with Gasteiger partial charge in [-0.2, -0.15) is 0 Å². The molecule has 1 amide bonds. The van der Waals surface area contributed by atoms with Crippen LogP contribution in [0, 0.1) is 6.92 Å². The van der Waals surface area contributed by atoms with Crippen LogP contribution in [0.2, 0.25) is 0 Å². The van der Waals surface area contributed by atoms with E-state index in [2.05, 4.69) is 53.4 Å². The van der Waals surface area contributed by atoms with E-state index in [-0.39, 0.29) is 11.6 Å². The van der Waals surface area contributed by atoms with Crippen molar-refractivity contribution in [3.63, 3.8) is 0 Å². The van der Waals surface area contributed by atoms with Gasteiger partial charge in [0.05, 0.1) is 0 Å². The summed E-state index contributed by atoms with van der Waals surface area (Å²) in [5, 5.41) is 6.53. The van der Waals surface area contributed by atoms with Crippen LogP contribution in [0.15, 0.2) is 10.5 Å². The molecule has 0 unspecified atom stereocenters. The highest BCUT2D eigenvalue weighted by molar-refractivity contribution is 9.10. The highest BCUT2D eigenvalue weighted by Gasteiger charge is 2.27. The van der Waals surface area contributed by atoms with Crippen LogP contribution < -0.4 is 10.6 Å². The summed E-state index contributed by atoms with van der Waals surface area (Å²) in [6, 6.07) is 2.16. The molecule has 0 aliphatic carbocycles. The van der Waals surface area contributed by atoms with Crippen LogP contribution in [-0.2, 0) is 11.3 Å². The Morgan fingerprint density at radius 3 is 2.35 bits per heavy atom. The molecular formula is C17H29BrN2O2S. The predicted octanol–water partition coefficient (Wildman–Crippen LogP) is 4.99. The Morgan fingerprint density at radius 2 is 1.91 bits per heavy atom. The number of aryl methyl sites for hydroxylation is 1. The van der Waals surface area contributed by atoms with E-state index in [4.69, 9.17) is 4.74 Å². The Balaban J connectivity index is 2.62. The van der Waals surface area contributed by atoms with Gasteiger partial charge >= 0.3 is 6.09 Å². The number of nitrogens with one attached hydrogen (secondary N) is 2. The summed E-state index contributed by atoms with van der Waals surface area (Å²) in [4.78, 5) is 14.5.